The van der Waals surface area contributed by atoms with E-state index in [-0.39, 0.29) is 5.41 Å². The molecule has 1 fully saturated rings. The second-order valence-electron chi connectivity index (χ2n) is 4.77. The van der Waals surface area contributed by atoms with Gasteiger partial charge in [0.2, 0.25) is 5.91 Å². The number of benzene rings is 1. The highest BCUT2D eigenvalue weighted by atomic mass is 32.0. The third-order valence-electron chi connectivity index (χ3n) is 3.45. The molecule has 0 spiro atoms. The summed E-state index contributed by atoms with van der Waals surface area (Å²) in [5.41, 5.74) is 2.11. The van der Waals surface area contributed by atoms with Gasteiger partial charge in [-0.3, -0.25) is 4.79 Å². The molecule has 2 rings (SSSR count). The van der Waals surface area contributed by atoms with Crippen molar-refractivity contribution in [1.29, 1.82) is 0 Å². The molecule has 0 N–H and O–H groups in total. The highest BCUT2D eigenvalue weighted by Crippen LogP contribution is 2.46. The Labute approximate surface area is 107 Å². The molecule has 3 atom stereocenters. The molecule has 17 heavy (non-hydrogen) atoms. The Kier molecular flexibility index (Phi) is 3.85. The minimum absolute atomic E-state index is 0.293. The van der Waals surface area contributed by atoms with E-state index >= 15 is 0 Å². The second kappa shape index (κ2) is 5.04. The molecule has 2 nitrogen and oxygen atoms in total. The van der Waals surface area contributed by atoms with Crippen molar-refractivity contribution in [2.45, 2.75) is 25.7 Å². The highest BCUT2D eigenvalue weighted by Gasteiger charge is 2.43. The standard InChI is InChI=1S/C13H19NOP2/c1-10-5-4-6-11(9-10)13(2)7-8-14(12(13)15)17-16-3/h4-6,9,16-17H,7-8H2,1-3H3/t13-/m0/s1. The van der Waals surface area contributed by atoms with E-state index in [1.807, 2.05) is 4.67 Å². The monoisotopic (exact) mass is 267 g/mol. The summed E-state index contributed by atoms with van der Waals surface area (Å²) >= 11 is 0. The zero-order chi connectivity index (χ0) is 12.5. The van der Waals surface area contributed by atoms with Crippen LogP contribution in [0.4, 0.5) is 0 Å². The van der Waals surface area contributed by atoms with Crippen LogP contribution in [0.25, 0.3) is 0 Å². The van der Waals surface area contributed by atoms with Crippen molar-refractivity contribution in [3.8, 4) is 0 Å². The molecule has 1 heterocycles. The molecule has 1 aliphatic rings. The van der Waals surface area contributed by atoms with Crippen LogP contribution in [0.5, 0.6) is 0 Å². The summed E-state index contributed by atoms with van der Waals surface area (Å²) in [6, 6.07) is 8.37. The van der Waals surface area contributed by atoms with Gasteiger partial charge in [0.25, 0.3) is 0 Å². The van der Waals surface area contributed by atoms with Crippen molar-refractivity contribution in [3.63, 3.8) is 0 Å². The van der Waals surface area contributed by atoms with E-state index in [1.54, 1.807) is 0 Å². The van der Waals surface area contributed by atoms with Gasteiger partial charge >= 0.3 is 0 Å². The third kappa shape index (κ3) is 2.39. The normalized spacial score (nSPS) is 25.8. The van der Waals surface area contributed by atoms with Gasteiger partial charge in [-0.15, -0.1) is 0 Å². The van der Waals surface area contributed by atoms with Crippen LogP contribution in [0, 0.1) is 6.92 Å². The Balaban J connectivity index is 2.29. The van der Waals surface area contributed by atoms with Crippen LogP contribution in [0.1, 0.15) is 24.5 Å². The number of hydrogen-bond donors (Lipinski definition) is 0. The summed E-state index contributed by atoms with van der Waals surface area (Å²) in [5, 5.41) is 0. The Hall–Kier alpha value is -0.450. The minimum atomic E-state index is -0.293. The SMILES string of the molecule is CPPN1CC[C@@](C)(c2cccc(C)c2)C1=O. The van der Waals surface area contributed by atoms with Crippen LogP contribution in [0.15, 0.2) is 24.3 Å². The number of hydrogen-bond acceptors (Lipinski definition) is 1. The van der Waals surface area contributed by atoms with Crippen molar-refractivity contribution in [2.24, 2.45) is 0 Å². The van der Waals surface area contributed by atoms with Crippen LogP contribution >= 0.6 is 16.7 Å². The minimum Gasteiger partial charge on any atom is -0.320 e. The predicted molar refractivity (Wildman–Crippen MR) is 77.4 cm³/mol. The number of amides is 1. The Morgan fingerprint density at radius 1 is 1.41 bits per heavy atom. The lowest BCUT2D eigenvalue weighted by molar-refractivity contribution is -0.127. The fraction of sp³-hybridized carbons (Fsp3) is 0.462. The molecule has 1 amide bonds. The van der Waals surface area contributed by atoms with Crippen molar-refractivity contribution in [2.75, 3.05) is 13.2 Å². The van der Waals surface area contributed by atoms with Crippen molar-refractivity contribution in [1.82, 2.24) is 4.67 Å². The summed E-state index contributed by atoms with van der Waals surface area (Å²) in [7, 11) is 1.51. The molecule has 0 saturated carbocycles. The summed E-state index contributed by atoms with van der Waals surface area (Å²) in [4.78, 5) is 12.5. The second-order valence-corrected chi connectivity index (χ2v) is 8.20. The summed E-state index contributed by atoms with van der Waals surface area (Å²) in [5.74, 6) is 0.316. The quantitative estimate of drug-likeness (QED) is 0.769. The van der Waals surface area contributed by atoms with E-state index < -0.39 is 0 Å². The van der Waals surface area contributed by atoms with Crippen LogP contribution in [0.3, 0.4) is 0 Å². The van der Waals surface area contributed by atoms with Gasteiger partial charge in [0, 0.05) is 15.0 Å². The van der Waals surface area contributed by atoms with E-state index in [4.69, 9.17) is 0 Å². The van der Waals surface area contributed by atoms with E-state index in [9.17, 15) is 4.79 Å². The zero-order valence-corrected chi connectivity index (χ0v) is 12.6. The molecule has 1 saturated heterocycles. The summed E-state index contributed by atoms with van der Waals surface area (Å²) in [6.45, 7) is 7.25. The van der Waals surface area contributed by atoms with Crippen LogP contribution in [0.2, 0.25) is 0 Å². The van der Waals surface area contributed by atoms with Crippen molar-refractivity contribution >= 4 is 22.6 Å². The first-order valence-corrected chi connectivity index (χ1v) is 9.34. The lowest BCUT2D eigenvalue weighted by atomic mass is 9.80. The first kappa shape index (κ1) is 13.0. The number of nitrogens with zero attached hydrogens (tertiary/aromatic N) is 1. The Morgan fingerprint density at radius 2 is 2.18 bits per heavy atom. The van der Waals surface area contributed by atoms with Gasteiger partial charge in [0.05, 0.1) is 5.41 Å². The fourth-order valence-corrected chi connectivity index (χ4v) is 4.63. The zero-order valence-electron chi connectivity index (χ0n) is 10.6. The Bertz CT molecular complexity index is 435. The van der Waals surface area contributed by atoms with Crippen molar-refractivity contribution in [3.05, 3.63) is 35.4 Å². The number of carbonyl (C=O) groups excluding carboxylic acids is 1. The molecule has 0 aliphatic carbocycles. The topological polar surface area (TPSA) is 20.3 Å². The Morgan fingerprint density at radius 3 is 2.82 bits per heavy atom. The van der Waals surface area contributed by atoms with Crippen LogP contribution in [-0.4, -0.2) is 23.8 Å². The average molecular weight is 267 g/mol. The molecular weight excluding hydrogens is 248 g/mol. The van der Waals surface area contributed by atoms with Crippen LogP contribution < -0.4 is 0 Å². The fourth-order valence-electron chi connectivity index (χ4n) is 2.34. The van der Waals surface area contributed by atoms with Crippen LogP contribution in [-0.2, 0) is 10.2 Å². The maximum absolute atomic E-state index is 12.5. The van der Waals surface area contributed by atoms with Gasteiger partial charge < -0.3 is 4.67 Å². The van der Waals surface area contributed by atoms with Gasteiger partial charge in [0.1, 0.15) is 0 Å². The van der Waals surface area contributed by atoms with Gasteiger partial charge in [-0.2, -0.15) is 0 Å². The predicted octanol–water partition coefficient (Wildman–Crippen LogP) is 3.30. The lowest BCUT2D eigenvalue weighted by Gasteiger charge is -2.24. The molecule has 0 bridgehead atoms. The number of rotatable bonds is 3. The first-order chi connectivity index (χ1) is 8.08. The lowest BCUT2D eigenvalue weighted by Crippen LogP contribution is -2.31. The molecule has 0 aromatic heterocycles. The molecular formula is C13H19NOP2. The van der Waals surface area contributed by atoms with E-state index in [1.165, 1.54) is 11.1 Å². The van der Waals surface area contributed by atoms with Gasteiger partial charge in [-0.1, -0.05) is 38.1 Å². The summed E-state index contributed by atoms with van der Waals surface area (Å²) < 4.78 is 2.04. The van der Waals surface area contributed by atoms with E-state index in [2.05, 4.69) is 44.8 Å². The van der Waals surface area contributed by atoms with Gasteiger partial charge in [-0.25, -0.2) is 0 Å². The van der Waals surface area contributed by atoms with Gasteiger partial charge in [0.15, 0.2) is 0 Å². The van der Waals surface area contributed by atoms with Gasteiger partial charge in [-0.05, 0) is 32.5 Å². The molecule has 1 aromatic rings. The average Bonchev–Trinajstić information content (AvgIpc) is 2.59. The highest BCUT2D eigenvalue weighted by molar-refractivity contribution is 8.10. The number of carbonyl (C=O) groups is 1. The van der Waals surface area contributed by atoms with E-state index in [0.29, 0.717) is 14.3 Å². The smallest absolute Gasteiger partial charge is 0.236 e. The third-order valence-corrected chi connectivity index (χ3v) is 5.86. The number of aryl methyl sites for hydroxylation is 1. The molecule has 4 heteroatoms. The molecule has 92 valence electrons. The largest absolute Gasteiger partial charge is 0.320 e. The molecule has 1 aromatic carbocycles. The maximum Gasteiger partial charge on any atom is 0.236 e. The van der Waals surface area contributed by atoms with E-state index in [0.717, 1.165) is 21.2 Å². The maximum atomic E-state index is 12.5. The first-order valence-electron chi connectivity index (χ1n) is 5.89. The van der Waals surface area contributed by atoms with Crippen molar-refractivity contribution < 1.29 is 4.79 Å². The summed E-state index contributed by atoms with van der Waals surface area (Å²) in [6.07, 6.45) is 0.951. The molecule has 1 aliphatic heterocycles. The molecule has 2 unspecified atom stereocenters. The molecule has 0 radical (unpaired) electrons.